The molecule has 0 aromatic carbocycles. The average molecular weight is 196 g/mol. The lowest BCUT2D eigenvalue weighted by atomic mass is 9.80. The van der Waals surface area contributed by atoms with Gasteiger partial charge in [0.2, 0.25) is 0 Å². The Balaban J connectivity index is 2.35. The first-order valence-corrected chi connectivity index (χ1v) is 4.54. The van der Waals surface area contributed by atoms with E-state index < -0.39 is 11.4 Å². The third kappa shape index (κ3) is 1.21. The minimum Gasteiger partial charge on any atom is -0.481 e. The lowest BCUT2D eigenvalue weighted by molar-refractivity contribution is -0.138. The van der Waals surface area contributed by atoms with Crippen molar-refractivity contribution >= 4 is 5.97 Å². The molecule has 1 atom stereocenters. The predicted octanol–water partition coefficient (Wildman–Crippen LogP) is 0.292. The molecule has 1 aliphatic rings. The molecule has 0 aliphatic heterocycles. The number of aromatic nitrogens is 1. The van der Waals surface area contributed by atoms with Crippen LogP contribution in [0.4, 0.5) is 0 Å². The zero-order valence-corrected chi connectivity index (χ0v) is 7.69. The van der Waals surface area contributed by atoms with Crippen LogP contribution in [0, 0.1) is 0 Å². The Morgan fingerprint density at radius 2 is 2.57 bits per heavy atom. The molecule has 14 heavy (non-hydrogen) atoms. The van der Waals surface area contributed by atoms with Crippen molar-refractivity contribution < 1.29 is 14.4 Å². The molecule has 0 saturated heterocycles. The number of aryl methyl sites for hydroxylation is 1. The van der Waals surface area contributed by atoms with Crippen LogP contribution in [0.15, 0.2) is 10.7 Å². The molecule has 0 fully saturated rings. The van der Waals surface area contributed by atoms with Gasteiger partial charge in [-0.15, -0.1) is 0 Å². The molecule has 76 valence electrons. The minimum atomic E-state index is -0.829. The lowest BCUT2D eigenvalue weighted by Crippen LogP contribution is -2.35. The summed E-state index contributed by atoms with van der Waals surface area (Å²) in [6, 6.07) is 0. The Labute approximate surface area is 80.9 Å². The lowest BCUT2D eigenvalue weighted by Gasteiger charge is -2.24. The Morgan fingerprint density at radius 1 is 1.79 bits per heavy atom. The van der Waals surface area contributed by atoms with Crippen LogP contribution in [0.5, 0.6) is 0 Å². The number of rotatable bonds is 3. The summed E-state index contributed by atoms with van der Waals surface area (Å²) in [5, 5.41) is 12.5. The molecule has 2 rings (SSSR count). The number of hydrogen-bond acceptors (Lipinski definition) is 4. The van der Waals surface area contributed by atoms with E-state index >= 15 is 0 Å². The summed E-state index contributed by atoms with van der Waals surface area (Å²) in [6.45, 7) is 0.327. The van der Waals surface area contributed by atoms with Crippen LogP contribution < -0.4 is 5.73 Å². The first-order chi connectivity index (χ1) is 6.68. The Bertz CT molecular complexity index is 361. The summed E-state index contributed by atoms with van der Waals surface area (Å²) in [4.78, 5) is 10.7. The third-order valence-electron chi connectivity index (χ3n) is 2.93. The number of nitrogens with zero attached hydrogens (tertiary/aromatic N) is 1. The van der Waals surface area contributed by atoms with E-state index in [1.807, 2.05) is 0 Å². The van der Waals surface area contributed by atoms with E-state index in [9.17, 15) is 4.79 Å². The van der Waals surface area contributed by atoms with E-state index in [1.54, 1.807) is 6.20 Å². The monoisotopic (exact) mass is 196 g/mol. The molecule has 1 unspecified atom stereocenters. The number of nitrogens with two attached hydrogens (primary N) is 1. The van der Waals surface area contributed by atoms with Gasteiger partial charge in [0.25, 0.3) is 0 Å². The Morgan fingerprint density at radius 3 is 3.21 bits per heavy atom. The molecular weight excluding hydrogens is 184 g/mol. The van der Waals surface area contributed by atoms with Gasteiger partial charge in [-0.1, -0.05) is 5.16 Å². The van der Waals surface area contributed by atoms with Crippen molar-refractivity contribution in [1.82, 2.24) is 5.16 Å². The van der Waals surface area contributed by atoms with Gasteiger partial charge in [0, 0.05) is 23.9 Å². The van der Waals surface area contributed by atoms with Gasteiger partial charge in [0.15, 0.2) is 0 Å². The second kappa shape index (κ2) is 3.09. The standard InChI is InChI=1S/C9H12N2O3/c10-5-9(3-8(12)13)2-1-7-6(9)4-11-14-7/h4H,1-3,5,10H2,(H,12,13). The maximum absolute atomic E-state index is 10.7. The number of carboxylic acid groups (broad SMARTS) is 1. The van der Waals surface area contributed by atoms with E-state index in [0.29, 0.717) is 6.54 Å². The highest BCUT2D eigenvalue weighted by atomic mass is 16.5. The molecule has 0 bridgehead atoms. The summed E-state index contributed by atoms with van der Waals surface area (Å²) in [5.41, 5.74) is 6.08. The minimum absolute atomic E-state index is 0.0533. The van der Waals surface area contributed by atoms with Crippen LogP contribution in [0.2, 0.25) is 0 Å². The fourth-order valence-corrected chi connectivity index (χ4v) is 2.12. The summed E-state index contributed by atoms with van der Waals surface area (Å²) in [6.07, 6.45) is 3.13. The third-order valence-corrected chi connectivity index (χ3v) is 2.93. The smallest absolute Gasteiger partial charge is 0.304 e. The predicted molar refractivity (Wildman–Crippen MR) is 47.8 cm³/mol. The van der Waals surface area contributed by atoms with Crippen molar-refractivity contribution in [2.24, 2.45) is 5.73 Å². The normalized spacial score (nSPS) is 24.9. The quantitative estimate of drug-likeness (QED) is 0.725. The van der Waals surface area contributed by atoms with Crippen molar-refractivity contribution in [1.29, 1.82) is 0 Å². The fraction of sp³-hybridized carbons (Fsp3) is 0.556. The zero-order valence-electron chi connectivity index (χ0n) is 7.69. The Kier molecular flexibility index (Phi) is 2.03. The van der Waals surface area contributed by atoms with Gasteiger partial charge in [0.1, 0.15) is 5.76 Å². The second-order valence-electron chi connectivity index (χ2n) is 3.72. The van der Waals surface area contributed by atoms with Gasteiger partial charge >= 0.3 is 5.97 Å². The number of carbonyl (C=O) groups is 1. The molecule has 0 saturated carbocycles. The molecule has 0 amide bonds. The van der Waals surface area contributed by atoms with Gasteiger partial charge < -0.3 is 15.4 Å². The topological polar surface area (TPSA) is 89.4 Å². The molecule has 3 N–H and O–H groups in total. The molecule has 5 nitrogen and oxygen atoms in total. The number of fused-ring (bicyclic) bond motifs is 1. The molecule has 1 aliphatic carbocycles. The number of hydrogen-bond donors (Lipinski definition) is 2. The molecular formula is C9H12N2O3. The van der Waals surface area contributed by atoms with Crippen LogP contribution in [0.3, 0.4) is 0 Å². The SMILES string of the molecule is NCC1(CC(=O)O)CCc2oncc21. The van der Waals surface area contributed by atoms with E-state index in [2.05, 4.69) is 5.16 Å². The summed E-state index contributed by atoms with van der Waals surface area (Å²) < 4.78 is 5.02. The van der Waals surface area contributed by atoms with Gasteiger partial charge in [-0.05, 0) is 6.42 Å². The summed E-state index contributed by atoms with van der Waals surface area (Å²) in [5.74, 6) is -0.0406. The highest BCUT2D eigenvalue weighted by molar-refractivity contribution is 5.69. The highest BCUT2D eigenvalue weighted by Crippen LogP contribution is 2.40. The van der Waals surface area contributed by atoms with E-state index in [1.165, 1.54) is 0 Å². The fourth-order valence-electron chi connectivity index (χ4n) is 2.12. The molecule has 1 aromatic heterocycles. The van der Waals surface area contributed by atoms with Crippen LogP contribution in [-0.2, 0) is 16.6 Å². The Hall–Kier alpha value is -1.36. The largest absolute Gasteiger partial charge is 0.481 e. The molecule has 1 heterocycles. The maximum atomic E-state index is 10.7. The van der Waals surface area contributed by atoms with Gasteiger partial charge in [0.05, 0.1) is 12.6 Å². The van der Waals surface area contributed by atoms with Crippen molar-refractivity contribution in [3.8, 4) is 0 Å². The van der Waals surface area contributed by atoms with Crippen LogP contribution in [0.1, 0.15) is 24.2 Å². The molecule has 1 aromatic rings. The van der Waals surface area contributed by atoms with Gasteiger partial charge in [-0.25, -0.2) is 0 Å². The van der Waals surface area contributed by atoms with Crippen molar-refractivity contribution in [2.45, 2.75) is 24.7 Å². The van der Waals surface area contributed by atoms with E-state index in [0.717, 1.165) is 24.2 Å². The summed E-state index contributed by atoms with van der Waals surface area (Å²) >= 11 is 0. The average Bonchev–Trinajstić information content (AvgIpc) is 2.68. The van der Waals surface area contributed by atoms with Crippen molar-refractivity contribution in [3.63, 3.8) is 0 Å². The van der Waals surface area contributed by atoms with E-state index in [-0.39, 0.29) is 6.42 Å². The highest BCUT2D eigenvalue weighted by Gasteiger charge is 2.42. The van der Waals surface area contributed by atoms with Crippen molar-refractivity contribution in [3.05, 3.63) is 17.5 Å². The number of carboxylic acids is 1. The summed E-state index contributed by atoms with van der Waals surface area (Å²) in [7, 11) is 0. The molecule has 0 spiro atoms. The molecule has 0 radical (unpaired) electrons. The number of aliphatic carboxylic acids is 1. The zero-order chi connectivity index (χ0) is 10.2. The van der Waals surface area contributed by atoms with Crippen LogP contribution in [-0.4, -0.2) is 22.8 Å². The second-order valence-corrected chi connectivity index (χ2v) is 3.72. The molecule has 5 heteroatoms. The van der Waals surface area contributed by atoms with Crippen molar-refractivity contribution in [2.75, 3.05) is 6.54 Å². The van der Waals surface area contributed by atoms with Crippen LogP contribution in [0.25, 0.3) is 0 Å². The van der Waals surface area contributed by atoms with Gasteiger partial charge in [-0.2, -0.15) is 0 Å². The van der Waals surface area contributed by atoms with Gasteiger partial charge in [-0.3, -0.25) is 4.79 Å². The van der Waals surface area contributed by atoms with Crippen LogP contribution >= 0.6 is 0 Å². The first-order valence-electron chi connectivity index (χ1n) is 4.54. The van der Waals surface area contributed by atoms with E-state index in [4.69, 9.17) is 15.4 Å². The maximum Gasteiger partial charge on any atom is 0.304 e. The first kappa shape index (κ1) is 9.21.